The molecule has 26 heavy (non-hydrogen) atoms. The van der Waals surface area contributed by atoms with E-state index in [1.807, 2.05) is 0 Å². The summed E-state index contributed by atoms with van der Waals surface area (Å²) in [6, 6.07) is 3.14. The third-order valence-electron chi connectivity index (χ3n) is 4.25. The van der Waals surface area contributed by atoms with E-state index in [1.54, 1.807) is 19.3 Å². The van der Waals surface area contributed by atoms with E-state index >= 15 is 0 Å². The monoisotopic (exact) mass is 495 g/mol. The van der Waals surface area contributed by atoms with E-state index in [0.717, 1.165) is 19.0 Å². The molecule has 1 atom stereocenters. The van der Waals surface area contributed by atoms with Crippen LogP contribution in [0.15, 0.2) is 34.4 Å². The number of likely N-dealkylation sites (tertiary alicyclic amines) is 1. The molecule has 1 fully saturated rings. The quantitative estimate of drug-likeness (QED) is 0.261. The van der Waals surface area contributed by atoms with Crippen LogP contribution in [0.3, 0.4) is 0 Å². The minimum Gasteiger partial charge on any atom is -0.355 e. The van der Waals surface area contributed by atoms with E-state index in [0.29, 0.717) is 24.9 Å². The van der Waals surface area contributed by atoms with Crippen molar-refractivity contribution < 1.29 is 8.42 Å². The van der Waals surface area contributed by atoms with Gasteiger partial charge >= 0.3 is 0 Å². The van der Waals surface area contributed by atoms with Gasteiger partial charge in [0.25, 0.3) is 0 Å². The van der Waals surface area contributed by atoms with E-state index in [1.165, 1.54) is 25.1 Å². The van der Waals surface area contributed by atoms with E-state index < -0.39 is 10.0 Å². The van der Waals surface area contributed by atoms with Crippen molar-refractivity contribution in [1.29, 1.82) is 0 Å². The smallest absolute Gasteiger partial charge is 0.242 e. The molecule has 0 radical (unpaired) electrons. The predicted octanol–water partition coefficient (Wildman–Crippen LogP) is 1.92. The van der Waals surface area contributed by atoms with Gasteiger partial charge in [0.2, 0.25) is 10.0 Å². The van der Waals surface area contributed by atoms with Crippen LogP contribution in [0.5, 0.6) is 0 Å². The van der Waals surface area contributed by atoms with Crippen LogP contribution in [0.2, 0.25) is 0 Å². The zero-order valence-electron chi connectivity index (χ0n) is 15.7. The maximum Gasteiger partial charge on any atom is 0.242 e. The molecule has 7 nitrogen and oxygen atoms in total. The molecule has 1 aliphatic rings. The molecule has 148 valence electrons. The summed E-state index contributed by atoms with van der Waals surface area (Å²) in [5.74, 6) is 2.26. The van der Waals surface area contributed by atoms with Gasteiger partial charge in [-0.25, -0.2) is 13.1 Å². The highest BCUT2D eigenvalue weighted by molar-refractivity contribution is 14.0. The molecule has 1 aromatic heterocycles. The Morgan fingerprint density at radius 3 is 2.81 bits per heavy atom. The van der Waals surface area contributed by atoms with E-state index in [4.69, 9.17) is 0 Å². The summed E-state index contributed by atoms with van der Waals surface area (Å²) in [6.45, 7) is 7.29. The second-order valence-electron chi connectivity index (χ2n) is 6.79. The normalized spacial score (nSPS) is 18.1. The topological polar surface area (TPSA) is 86.7 Å². The van der Waals surface area contributed by atoms with Crippen LogP contribution in [0.4, 0.5) is 0 Å². The van der Waals surface area contributed by atoms with Gasteiger partial charge in [0.05, 0.1) is 0 Å². The fourth-order valence-corrected chi connectivity index (χ4v) is 4.16. The number of nitrogens with zero attached hydrogens (tertiary/aromatic N) is 3. The molecule has 2 rings (SSSR count). The predicted molar refractivity (Wildman–Crippen MR) is 115 cm³/mol. The molecule has 0 aliphatic carbocycles. The molecule has 0 spiro atoms. The Kier molecular flexibility index (Phi) is 9.80. The highest BCUT2D eigenvalue weighted by Gasteiger charge is 2.25. The fraction of sp³-hybridized carbons (Fsp3) is 0.647. The molecule has 2 heterocycles. The number of guanidine groups is 1. The molecule has 1 aliphatic heterocycles. The Morgan fingerprint density at radius 2 is 2.19 bits per heavy atom. The summed E-state index contributed by atoms with van der Waals surface area (Å²) >= 11 is 0. The standard InChI is InChI=1S/C17H29N5O2S.HI/c1-14(2)11-15-6-10-22(13-15)17(18-3)20-8-9-21-25(23,24)16-5-4-7-19-12-16;/h4-5,7,12,14-15,21H,6,8-11,13H2,1-3H3,(H,18,20);1H. The molecular formula is C17H30IN5O2S. The fourth-order valence-electron chi connectivity index (χ4n) is 3.17. The molecule has 2 N–H and O–H groups in total. The van der Waals surface area contributed by atoms with Crippen LogP contribution in [0.1, 0.15) is 26.7 Å². The second-order valence-corrected chi connectivity index (χ2v) is 8.56. The Balaban J connectivity index is 0.00000338. The van der Waals surface area contributed by atoms with E-state index in [2.05, 4.69) is 38.8 Å². The van der Waals surface area contributed by atoms with Gasteiger partial charge in [-0.15, -0.1) is 24.0 Å². The molecule has 1 aromatic rings. The third-order valence-corrected chi connectivity index (χ3v) is 5.69. The van der Waals surface area contributed by atoms with Crippen LogP contribution in [0, 0.1) is 11.8 Å². The van der Waals surface area contributed by atoms with Gasteiger partial charge < -0.3 is 10.2 Å². The lowest BCUT2D eigenvalue weighted by molar-refractivity contribution is 0.404. The molecular weight excluding hydrogens is 465 g/mol. The average Bonchev–Trinajstić information content (AvgIpc) is 3.03. The first-order chi connectivity index (χ1) is 11.9. The molecule has 0 amide bonds. The first-order valence-electron chi connectivity index (χ1n) is 8.77. The highest BCUT2D eigenvalue weighted by Crippen LogP contribution is 2.23. The Morgan fingerprint density at radius 1 is 1.42 bits per heavy atom. The number of hydrogen-bond acceptors (Lipinski definition) is 4. The summed E-state index contributed by atoms with van der Waals surface area (Å²) in [5.41, 5.74) is 0. The molecule has 0 saturated carbocycles. The van der Waals surface area contributed by atoms with Gasteiger partial charge in [-0.05, 0) is 36.8 Å². The lowest BCUT2D eigenvalue weighted by Crippen LogP contribution is -2.43. The number of aromatic nitrogens is 1. The number of hydrogen-bond donors (Lipinski definition) is 2. The zero-order valence-corrected chi connectivity index (χ0v) is 18.8. The zero-order chi connectivity index (χ0) is 18.3. The van der Waals surface area contributed by atoms with E-state index in [9.17, 15) is 8.42 Å². The largest absolute Gasteiger partial charge is 0.355 e. The molecule has 9 heteroatoms. The van der Waals surface area contributed by atoms with Crippen LogP contribution >= 0.6 is 24.0 Å². The average molecular weight is 495 g/mol. The summed E-state index contributed by atoms with van der Waals surface area (Å²) < 4.78 is 26.8. The van der Waals surface area contributed by atoms with Crippen LogP contribution in [-0.2, 0) is 10.0 Å². The second kappa shape index (κ2) is 11.0. The van der Waals surface area contributed by atoms with Crippen molar-refractivity contribution in [3.63, 3.8) is 0 Å². The Labute approximate surface area is 174 Å². The molecule has 1 saturated heterocycles. The van der Waals surface area contributed by atoms with Crippen LogP contribution in [-0.4, -0.2) is 57.5 Å². The molecule has 0 bridgehead atoms. The maximum atomic E-state index is 12.1. The van der Waals surface area contributed by atoms with Crippen molar-refractivity contribution in [2.75, 3.05) is 33.2 Å². The number of aliphatic imine (C=N–C) groups is 1. The first-order valence-corrected chi connectivity index (χ1v) is 10.3. The van der Waals surface area contributed by atoms with Crippen molar-refractivity contribution in [3.8, 4) is 0 Å². The number of pyridine rings is 1. The number of nitrogens with one attached hydrogen (secondary N) is 2. The van der Waals surface area contributed by atoms with Gasteiger partial charge in [-0.2, -0.15) is 0 Å². The lowest BCUT2D eigenvalue weighted by atomic mass is 9.97. The van der Waals surface area contributed by atoms with Gasteiger partial charge in [0.15, 0.2) is 5.96 Å². The summed E-state index contributed by atoms with van der Waals surface area (Å²) in [5, 5.41) is 3.24. The van der Waals surface area contributed by atoms with Gasteiger partial charge in [-0.3, -0.25) is 9.98 Å². The number of halogens is 1. The van der Waals surface area contributed by atoms with Crippen molar-refractivity contribution >= 4 is 40.0 Å². The first kappa shape index (κ1) is 23.1. The summed E-state index contributed by atoms with van der Waals surface area (Å²) in [4.78, 5) is 10.6. The third kappa shape index (κ3) is 6.99. The highest BCUT2D eigenvalue weighted by atomic mass is 127. The van der Waals surface area contributed by atoms with Crippen molar-refractivity contribution in [2.45, 2.75) is 31.6 Å². The van der Waals surface area contributed by atoms with Crippen molar-refractivity contribution in [3.05, 3.63) is 24.5 Å². The summed E-state index contributed by atoms with van der Waals surface area (Å²) in [7, 11) is -1.75. The number of sulfonamides is 1. The lowest BCUT2D eigenvalue weighted by Gasteiger charge is -2.22. The SMILES string of the molecule is CN=C(NCCNS(=O)(=O)c1cccnc1)N1CCC(CC(C)C)C1.I. The number of rotatable bonds is 7. The minimum absolute atomic E-state index is 0. The molecule has 0 aromatic carbocycles. The maximum absolute atomic E-state index is 12.1. The van der Waals surface area contributed by atoms with Gasteiger partial charge in [0.1, 0.15) is 4.90 Å². The Bertz CT molecular complexity index is 667. The van der Waals surface area contributed by atoms with Gasteiger partial charge in [0, 0.05) is 45.6 Å². The van der Waals surface area contributed by atoms with E-state index in [-0.39, 0.29) is 28.9 Å². The van der Waals surface area contributed by atoms with Gasteiger partial charge in [-0.1, -0.05) is 13.8 Å². The van der Waals surface area contributed by atoms with Crippen LogP contribution in [0.25, 0.3) is 0 Å². The van der Waals surface area contributed by atoms with Crippen molar-refractivity contribution in [2.24, 2.45) is 16.8 Å². The summed E-state index contributed by atoms with van der Waals surface area (Å²) in [6.07, 6.45) is 5.31. The Hall–Kier alpha value is -0.940. The van der Waals surface area contributed by atoms with Crippen LogP contribution < -0.4 is 10.0 Å². The van der Waals surface area contributed by atoms with Crippen molar-refractivity contribution in [1.82, 2.24) is 19.9 Å². The minimum atomic E-state index is -3.51. The molecule has 1 unspecified atom stereocenters.